The summed E-state index contributed by atoms with van der Waals surface area (Å²) >= 11 is 0. The Balaban J connectivity index is 2.70. The maximum Gasteiger partial charge on any atom is 0.151 e. The van der Waals surface area contributed by atoms with Gasteiger partial charge in [-0.1, -0.05) is 0 Å². The maximum atomic E-state index is 8.66. The normalized spacial score (nSPS) is 10.7. The van der Waals surface area contributed by atoms with Gasteiger partial charge in [0, 0.05) is 17.8 Å². The summed E-state index contributed by atoms with van der Waals surface area (Å²) in [5.74, 6) is 0. The van der Waals surface area contributed by atoms with Crippen LogP contribution in [0.2, 0.25) is 0 Å². The van der Waals surface area contributed by atoms with E-state index in [2.05, 4.69) is 0 Å². The first-order valence-electron chi connectivity index (χ1n) is 4.09. The van der Waals surface area contributed by atoms with Gasteiger partial charge in [0.15, 0.2) is 6.29 Å². The van der Waals surface area contributed by atoms with E-state index in [4.69, 9.17) is 21.7 Å². The zero-order valence-electron chi connectivity index (χ0n) is 7.27. The number of aryl methyl sites for hydroxylation is 1. The predicted octanol–water partition coefficient (Wildman–Crippen LogP) is 0.0943. The van der Waals surface area contributed by atoms with E-state index in [0.29, 0.717) is 17.8 Å². The van der Waals surface area contributed by atoms with Gasteiger partial charge in [-0.05, 0) is 30.2 Å². The highest BCUT2D eigenvalue weighted by atomic mass is 16.5. The third-order valence-corrected chi connectivity index (χ3v) is 1.84. The molecule has 13 heavy (non-hydrogen) atoms. The molecule has 0 aliphatic carbocycles. The molecule has 4 heteroatoms. The van der Waals surface area contributed by atoms with Gasteiger partial charge >= 0.3 is 0 Å². The van der Waals surface area contributed by atoms with Crippen LogP contribution < -0.4 is 11.5 Å². The summed E-state index contributed by atoms with van der Waals surface area (Å²) in [4.78, 5) is 0. The van der Waals surface area contributed by atoms with Gasteiger partial charge < -0.3 is 21.7 Å². The third-order valence-electron chi connectivity index (χ3n) is 1.84. The SMILES string of the molecule is Nc1ccc(N)c(CCC(O)O)c1. The number of hydrogen-bond donors (Lipinski definition) is 4. The van der Waals surface area contributed by atoms with Crippen LogP contribution in [0.4, 0.5) is 11.4 Å². The van der Waals surface area contributed by atoms with Crippen LogP contribution in [0.3, 0.4) is 0 Å². The summed E-state index contributed by atoms with van der Waals surface area (Å²) in [6.07, 6.45) is -0.497. The van der Waals surface area contributed by atoms with E-state index in [1.165, 1.54) is 0 Å². The molecule has 0 amide bonds. The number of nitrogen functional groups attached to an aromatic ring is 2. The summed E-state index contributed by atoms with van der Waals surface area (Å²) < 4.78 is 0. The first-order valence-corrected chi connectivity index (χ1v) is 4.09. The van der Waals surface area contributed by atoms with Gasteiger partial charge in [-0.15, -0.1) is 0 Å². The van der Waals surface area contributed by atoms with Crippen LogP contribution in [0.1, 0.15) is 12.0 Å². The fourth-order valence-corrected chi connectivity index (χ4v) is 1.13. The lowest BCUT2D eigenvalue weighted by Crippen LogP contribution is -2.07. The molecule has 0 aliphatic rings. The van der Waals surface area contributed by atoms with Gasteiger partial charge in [0.05, 0.1) is 0 Å². The number of hydrogen-bond acceptors (Lipinski definition) is 4. The summed E-state index contributed by atoms with van der Waals surface area (Å²) in [6.45, 7) is 0. The summed E-state index contributed by atoms with van der Waals surface area (Å²) in [7, 11) is 0. The van der Waals surface area contributed by atoms with Gasteiger partial charge in [-0.3, -0.25) is 0 Å². The van der Waals surface area contributed by atoms with E-state index in [0.717, 1.165) is 5.56 Å². The highest BCUT2D eigenvalue weighted by Gasteiger charge is 2.02. The molecule has 0 aromatic heterocycles. The van der Waals surface area contributed by atoms with Gasteiger partial charge in [0.2, 0.25) is 0 Å². The number of rotatable bonds is 3. The first kappa shape index (κ1) is 9.83. The minimum Gasteiger partial charge on any atom is -0.399 e. The maximum absolute atomic E-state index is 8.66. The molecule has 0 saturated heterocycles. The van der Waals surface area contributed by atoms with Crippen molar-refractivity contribution in [2.75, 3.05) is 11.5 Å². The second-order valence-electron chi connectivity index (χ2n) is 2.98. The average Bonchev–Trinajstić information content (AvgIpc) is 2.06. The van der Waals surface area contributed by atoms with Crippen LogP contribution in [0.5, 0.6) is 0 Å². The van der Waals surface area contributed by atoms with E-state index < -0.39 is 6.29 Å². The molecule has 1 aromatic carbocycles. The van der Waals surface area contributed by atoms with Crippen molar-refractivity contribution in [3.05, 3.63) is 23.8 Å². The largest absolute Gasteiger partial charge is 0.399 e. The van der Waals surface area contributed by atoms with Crippen LogP contribution >= 0.6 is 0 Å². The molecule has 0 bridgehead atoms. The smallest absolute Gasteiger partial charge is 0.151 e. The molecule has 0 fully saturated rings. The Labute approximate surface area is 76.8 Å². The summed E-state index contributed by atoms with van der Waals surface area (Å²) in [5.41, 5.74) is 13.3. The standard InChI is InChI=1S/C9H14N2O2/c10-7-2-3-8(11)6(5-7)1-4-9(12)13/h2-3,5,9,12-13H,1,4,10-11H2. The minimum absolute atomic E-state index is 0.271. The lowest BCUT2D eigenvalue weighted by molar-refractivity contribution is -0.0446. The van der Waals surface area contributed by atoms with Crippen molar-refractivity contribution < 1.29 is 10.2 Å². The molecule has 0 radical (unpaired) electrons. The zero-order chi connectivity index (χ0) is 9.84. The Hall–Kier alpha value is -1.26. The number of anilines is 2. The lowest BCUT2D eigenvalue weighted by atomic mass is 10.1. The van der Waals surface area contributed by atoms with E-state index in [1.807, 2.05) is 0 Å². The predicted molar refractivity (Wildman–Crippen MR) is 51.8 cm³/mol. The monoisotopic (exact) mass is 182 g/mol. The Kier molecular flexibility index (Phi) is 3.11. The van der Waals surface area contributed by atoms with Crippen molar-refractivity contribution in [3.8, 4) is 0 Å². The molecule has 6 N–H and O–H groups in total. The zero-order valence-corrected chi connectivity index (χ0v) is 7.27. The topological polar surface area (TPSA) is 92.5 Å². The third kappa shape index (κ3) is 2.93. The van der Waals surface area contributed by atoms with Crippen LogP contribution in [0.25, 0.3) is 0 Å². The molecule has 1 aromatic rings. The van der Waals surface area contributed by atoms with Crippen molar-refractivity contribution in [1.29, 1.82) is 0 Å². The molecule has 72 valence electrons. The van der Waals surface area contributed by atoms with Gasteiger partial charge in [-0.2, -0.15) is 0 Å². The Bertz CT molecular complexity index is 287. The van der Waals surface area contributed by atoms with E-state index in [1.54, 1.807) is 18.2 Å². The van der Waals surface area contributed by atoms with Gasteiger partial charge in [-0.25, -0.2) is 0 Å². The summed E-state index contributed by atoms with van der Waals surface area (Å²) in [6, 6.07) is 5.18. The van der Waals surface area contributed by atoms with E-state index in [9.17, 15) is 0 Å². The molecule has 0 atom stereocenters. The molecule has 0 aliphatic heterocycles. The Morgan fingerprint density at radius 1 is 1.23 bits per heavy atom. The van der Waals surface area contributed by atoms with Crippen LogP contribution in [0, 0.1) is 0 Å². The number of aliphatic hydroxyl groups excluding tert-OH is 1. The second-order valence-corrected chi connectivity index (χ2v) is 2.98. The molecule has 0 spiro atoms. The molecule has 0 heterocycles. The van der Waals surface area contributed by atoms with E-state index in [-0.39, 0.29) is 6.42 Å². The number of nitrogens with two attached hydrogens (primary N) is 2. The van der Waals surface area contributed by atoms with Gasteiger partial charge in [0.1, 0.15) is 0 Å². The van der Waals surface area contributed by atoms with E-state index >= 15 is 0 Å². The Morgan fingerprint density at radius 3 is 2.54 bits per heavy atom. The Morgan fingerprint density at radius 2 is 1.92 bits per heavy atom. The number of aliphatic hydroxyl groups is 2. The average molecular weight is 182 g/mol. The van der Waals surface area contributed by atoms with Gasteiger partial charge in [0.25, 0.3) is 0 Å². The van der Waals surface area contributed by atoms with Crippen LogP contribution in [0.15, 0.2) is 18.2 Å². The quantitative estimate of drug-likeness (QED) is 0.394. The molecule has 1 rings (SSSR count). The van der Waals surface area contributed by atoms with Crippen molar-refractivity contribution in [2.24, 2.45) is 0 Å². The lowest BCUT2D eigenvalue weighted by Gasteiger charge is -2.07. The minimum atomic E-state index is -1.29. The fourth-order valence-electron chi connectivity index (χ4n) is 1.13. The van der Waals surface area contributed by atoms with Crippen molar-refractivity contribution in [3.63, 3.8) is 0 Å². The molecule has 0 unspecified atom stereocenters. The molecular formula is C9H14N2O2. The molecule has 0 saturated carbocycles. The molecular weight excluding hydrogens is 168 g/mol. The van der Waals surface area contributed by atoms with Crippen molar-refractivity contribution >= 4 is 11.4 Å². The highest BCUT2D eigenvalue weighted by molar-refractivity contribution is 5.55. The number of benzene rings is 1. The van der Waals surface area contributed by atoms with Crippen molar-refractivity contribution in [1.82, 2.24) is 0 Å². The fraction of sp³-hybridized carbons (Fsp3) is 0.333. The first-order chi connectivity index (χ1) is 6.09. The molecule has 4 nitrogen and oxygen atoms in total. The van der Waals surface area contributed by atoms with Crippen molar-refractivity contribution in [2.45, 2.75) is 19.1 Å². The highest BCUT2D eigenvalue weighted by Crippen LogP contribution is 2.17. The second kappa shape index (κ2) is 4.11. The van der Waals surface area contributed by atoms with Crippen LogP contribution in [-0.2, 0) is 6.42 Å². The summed E-state index contributed by atoms with van der Waals surface area (Å²) in [5, 5.41) is 17.3. The van der Waals surface area contributed by atoms with Crippen LogP contribution in [-0.4, -0.2) is 16.5 Å².